The molecule has 1 unspecified atom stereocenters. The van der Waals surface area contributed by atoms with Crippen molar-refractivity contribution in [3.63, 3.8) is 0 Å². The van der Waals surface area contributed by atoms with Crippen LogP contribution in [0.3, 0.4) is 0 Å². The third-order valence-corrected chi connectivity index (χ3v) is 3.46. The minimum Gasteiger partial charge on any atom is -0.305 e. The summed E-state index contributed by atoms with van der Waals surface area (Å²) in [6.07, 6.45) is 0.906. The van der Waals surface area contributed by atoms with Crippen molar-refractivity contribution >= 4 is 10.9 Å². The number of rotatable bonds is 5. The first-order valence-corrected chi connectivity index (χ1v) is 7.34. The molecule has 2 aromatic rings. The number of nitrogens with one attached hydrogen (secondary N) is 1. The molecule has 0 aliphatic heterocycles. The smallest absolute Gasteiger partial charge is 0.261 e. The SMILES string of the molecule is CCC(NC(C)C)c1nc2ccccc2c(=O)n1CC. The molecule has 1 N–H and O–H groups in total. The molecule has 0 radical (unpaired) electrons. The first-order valence-electron chi connectivity index (χ1n) is 7.34. The molecule has 0 fully saturated rings. The van der Waals surface area contributed by atoms with Crippen LogP contribution in [0.15, 0.2) is 29.1 Å². The quantitative estimate of drug-likeness (QED) is 0.911. The standard InChI is InChI=1S/C16H23N3O/c1-5-13(17-11(3)4)15-18-14-10-8-7-9-12(14)16(20)19(15)6-2/h7-11,13,17H,5-6H2,1-4H3. The Morgan fingerprint density at radius 1 is 1.25 bits per heavy atom. The summed E-state index contributed by atoms with van der Waals surface area (Å²) in [6.45, 7) is 8.96. The van der Waals surface area contributed by atoms with Crippen molar-refractivity contribution in [1.82, 2.24) is 14.9 Å². The predicted molar refractivity (Wildman–Crippen MR) is 83.0 cm³/mol. The van der Waals surface area contributed by atoms with Gasteiger partial charge in [0.1, 0.15) is 5.82 Å². The van der Waals surface area contributed by atoms with Crippen LogP contribution in [0.4, 0.5) is 0 Å². The normalized spacial score (nSPS) is 13.1. The van der Waals surface area contributed by atoms with E-state index in [1.807, 2.05) is 31.2 Å². The Morgan fingerprint density at radius 3 is 2.55 bits per heavy atom. The lowest BCUT2D eigenvalue weighted by atomic mass is 10.1. The molecule has 1 aromatic carbocycles. The zero-order valence-electron chi connectivity index (χ0n) is 12.7. The van der Waals surface area contributed by atoms with Gasteiger partial charge in [0.15, 0.2) is 0 Å². The molecule has 0 saturated carbocycles. The summed E-state index contributed by atoms with van der Waals surface area (Å²) < 4.78 is 1.78. The van der Waals surface area contributed by atoms with Crippen LogP contribution in [-0.2, 0) is 6.54 Å². The second-order valence-electron chi connectivity index (χ2n) is 5.32. The molecular weight excluding hydrogens is 250 g/mol. The van der Waals surface area contributed by atoms with Crippen LogP contribution >= 0.6 is 0 Å². The van der Waals surface area contributed by atoms with Crippen molar-refractivity contribution < 1.29 is 0 Å². The number of benzene rings is 1. The van der Waals surface area contributed by atoms with Gasteiger partial charge in [0.2, 0.25) is 0 Å². The van der Waals surface area contributed by atoms with Crippen LogP contribution in [-0.4, -0.2) is 15.6 Å². The van der Waals surface area contributed by atoms with Gasteiger partial charge in [-0.3, -0.25) is 9.36 Å². The maximum Gasteiger partial charge on any atom is 0.261 e. The van der Waals surface area contributed by atoms with Crippen molar-refractivity contribution in [2.24, 2.45) is 0 Å². The van der Waals surface area contributed by atoms with Crippen LogP contribution in [0.2, 0.25) is 0 Å². The monoisotopic (exact) mass is 273 g/mol. The van der Waals surface area contributed by atoms with Crippen LogP contribution in [0.25, 0.3) is 10.9 Å². The minimum absolute atomic E-state index is 0.0529. The average Bonchev–Trinajstić information content (AvgIpc) is 2.44. The molecule has 2 rings (SSSR count). The first kappa shape index (κ1) is 14.7. The molecule has 1 heterocycles. The summed E-state index contributed by atoms with van der Waals surface area (Å²) >= 11 is 0. The van der Waals surface area contributed by atoms with Gasteiger partial charge in [0, 0.05) is 12.6 Å². The minimum atomic E-state index is 0.0529. The van der Waals surface area contributed by atoms with E-state index in [9.17, 15) is 4.79 Å². The van der Waals surface area contributed by atoms with E-state index in [-0.39, 0.29) is 11.6 Å². The molecule has 20 heavy (non-hydrogen) atoms. The summed E-state index contributed by atoms with van der Waals surface area (Å²) in [7, 11) is 0. The van der Waals surface area contributed by atoms with Gasteiger partial charge in [0.25, 0.3) is 5.56 Å². The number of nitrogens with zero attached hydrogens (tertiary/aromatic N) is 2. The summed E-state index contributed by atoms with van der Waals surface area (Å²) in [6, 6.07) is 8.01. The van der Waals surface area contributed by atoms with Gasteiger partial charge in [-0.2, -0.15) is 0 Å². The molecule has 0 aliphatic carbocycles. The second-order valence-corrected chi connectivity index (χ2v) is 5.32. The maximum atomic E-state index is 12.6. The lowest BCUT2D eigenvalue weighted by molar-refractivity contribution is 0.426. The van der Waals surface area contributed by atoms with E-state index in [0.717, 1.165) is 17.8 Å². The van der Waals surface area contributed by atoms with Gasteiger partial charge in [-0.25, -0.2) is 4.98 Å². The molecule has 0 bridgehead atoms. The Bertz CT molecular complexity index is 646. The highest BCUT2D eigenvalue weighted by Crippen LogP contribution is 2.17. The van der Waals surface area contributed by atoms with Crippen LogP contribution in [0, 0.1) is 0 Å². The van der Waals surface area contributed by atoms with Crippen LogP contribution in [0.5, 0.6) is 0 Å². The van der Waals surface area contributed by atoms with Gasteiger partial charge in [0.05, 0.1) is 16.9 Å². The summed E-state index contributed by atoms with van der Waals surface area (Å²) in [5.74, 6) is 0.840. The van der Waals surface area contributed by atoms with Gasteiger partial charge >= 0.3 is 0 Å². The largest absolute Gasteiger partial charge is 0.305 e. The van der Waals surface area contributed by atoms with Gasteiger partial charge < -0.3 is 5.32 Å². The van der Waals surface area contributed by atoms with E-state index in [1.54, 1.807) is 4.57 Å². The molecule has 1 atom stereocenters. The molecule has 1 aromatic heterocycles. The molecule has 4 nitrogen and oxygen atoms in total. The average molecular weight is 273 g/mol. The highest BCUT2D eigenvalue weighted by molar-refractivity contribution is 5.77. The summed E-state index contributed by atoms with van der Waals surface area (Å²) in [5, 5.41) is 4.18. The topological polar surface area (TPSA) is 46.9 Å². The molecular formula is C16H23N3O. The highest BCUT2D eigenvalue weighted by Gasteiger charge is 2.18. The van der Waals surface area contributed by atoms with Crippen molar-refractivity contribution in [1.29, 1.82) is 0 Å². The molecule has 0 spiro atoms. The molecule has 0 saturated heterocycles. The fraction of sp³-hybridized carbons (Fsp3) is 0.500. The van der Waals surface area contributed by atoms with Crippen molar-refractivity contribution in [3.05, 3.63) is 40.4 Å². The number of aromatic nitrogens is 2. The Labute approximate surface area is 119 Å². The zero-order chi connectivity index (χ0) is 14.7. The maximum absolute atomic E-state index is 12.6. The summed E-state index contributed by atoms with van der Waals surface area (Å²) in [5.41, 5.74) is 0.832. The van der Waals surface area contributed by atoms with E-state index in [2.05, 4.69) is 26.1 Å². The van der Waals surface area contributed by atoms with Crippen molar-refractivity contribution in [2.75, 3.05) is 0 Å². The third kappa shape index (κ3) is 2.75. The summed E-state index contributed by atoms with van der Waals surface area (Å²) in [4.78, 5) is 17.3. The Kier molecular flexibility index (Phi) is 4.55. The molecule has 0 amide bonds. The van der Waals surface area contributed by atoms with E-state index in [4.69, 9.17) is 4.98 Å². The fourth-order valence-corrected chi connectivity index (χ4v) is 2.53. The lowest BCUT2D eigenvalue weighted by Crippen LogP contribution is -2.34. The lowest BCUT2D eigenvalue weighted by Gasteiger charge is -2.22. The second kappa shape index (κ2) is 6.18. The third-order valence-electron chi connectivity index (χ3n) is 3.46. The van der Waals surface area contributed by atoms with E-state index >= 15 is 0 Å². The molecule has 108 valence electrons. The van der Waals surface area contributed by atoms with Crippen LogP contribution < -0.4 is 10.9 Å². The Morgan fingerprint density at radius 2 is 1.95 bits per heavy atom. The van der Waals surface area contributed by atoms with E-state index in [0.29, 0.717) is 18.0 Å². The van der Waals surface area contributed by atoms with E-state index in [1.165, 1.54) is 0 Å². The molecule has 0 aliphatic rings. The number of fused-ring (bicyclic) bond motifs is 1. The Hall–Kier alpha value is -1.68. The van der Waals surface area contributed by atoms with Crippen molar-refractivity contribution in [3.8, 4) is 0 Å². The predicted octanol–water partition coefficient (Wildman–Crippen LogP) is 2.87. The first-order chi connectivity index (χ1) is 9.58. The molecule has 4 heteroatoms. The van der Waals surface area contributed by atoms with Crippen molar-refractivity contribution in [2.45, 2.75) is 52.7 Å². The number of hydrogen-bond donors (Lipinski definition) is 1. The van der Waals surface area contributed by atoms with Crippen LogP contribution in [0.1, 0.15) is 46.0 Å². The van der Waals surface area contributed by atoms with Gasteiger partial charge in [-0.05, 0) is 25.5 Å². The zero-order valence-corrected chi connectivity index (χ0v) is 12.7. The van der Waals surface area contributed by atoms with Gasteiger partial charge in [-0.15, -0.1) is 0 Å². The Balaban J connectivity index is 2.65. The number of para-hydroxylation sites is 1. The number of hydrogen-bond acceptors (Lipinski definition) is 3. The van der Waals surface area contributed by atoms with Gasteiger partial charge in [-0.1, -0.05) is 32.9 Å². The van der Waals surface area contributed by atoms with E-state index < -0.39 is 0 Å². The fourth-order valence-electron chi connectivity index (χ4n) is 2.53. The highest BCUT2D eigenvalue weighted by atomic mass is 16.1.